The van der Waals surface area contributed by atoms with Crippen LogP contribution in [0.3, 0.4) is 0 Å². The number of aryl methyl sites for hydroxylation is 1. The molecule has 4 aromatic rings. The van der Waals surface area contributed by atoms with Crippen LogP contribution in [0.1, 0.15) is 26.7 Å². The molecule has 0 N–H and O–H groups in total. The van der Waals surface area contributed by atoms with E-state index in [1.54, 1.807) is 37.3 Å². The molecule has 6 nitrogen and oxygen atoms in total. The van der Waals surface area contributed by atoms with Gasteiger partial charge in [0.2, 0.25) is 5.76 Å². The van der Waals surface area contributed by atoms with Gasteiger partial charge in [-0.15, -0.1) is 0 Å². The largest absolute Gasteiger partial charge is 0.465 e. The number of rotatable bonds is 3. The molecule has 2 heterocycles. The molecule has 26 heavy (non-hydrogen) atoms. The van der Waals surface area contributed by atoms with Gasteiger partial charge in [-0.1, -0.05) is 18.2 Å². The smallest absolute Gasteiger partial charge is 0.379 e. The van der Waals surface area contributed by atoms with Crippen LogP contribution in [0, 0.1) is 6.92 Å². The molecule has 2 aromatic heterocycles. The third-order valence-electron chi connectivity index (χ3n) is 4.06. The highest BCUT2D eigenvalue weighted by atomic mass is 16.5. The van der Waals surface area contributed by atoms with Gasteiger partial charge in [-0.2, -0.15) is 0 Å². The second kappa shape index (κ2) is 6.07. The molecule has 0 aliphatic rings. The first-order valence-corrected chi connectivity index (χ1v) is 7.89. The fraction of sp³-hybridized carbons (Fsp3) is 0.100. The lowest BCUT2D eigenvalue weighted by Gasteiger charge is -2.03. The Morgan fingerprint density at radius 3 is 2.50 bits per heavy atom. The number of ether oxygens (including phenoxy) is 2. The van der Waals surface area contributed by atoms with Crippen LogP contribution in [-0.2, 0) is 4.74 Å². The Morgan fingerprint density at radius 2 is 1.73 bits per heavy atom. The van der Waals surface area contributed by atoms with Gasteiger partial charge in [0.05, 0.1) is 7.11 Å². The number of hydrogen-bond donors (Lipinski definition) is 0. The first-order valence-electron chi connectivity index (χ1n) is 7.89. The Bertz CT molecular complexity index is 1110. The van der Waals surface area contributed by atoms with Gasteiger partial charge in [-0.3, -0.25) is 0 Å². The van der Waals surface area contributed by atoms with Crippen molar-refractivity contribution in [2.75, 3.05) is 7.11 Å². The second-order valence-electron chi connectivity index (χ2n) is 5.72. The summed E-state index contributed by atoms with van der Waals surface area (Å²) in [5.74, 6) is -0.327. The Labute approximate surface area is 147 Å². The molecular formula is C20H14O6. The number of fused-ring (bicyclic) bond motifs is 2. The van der Waals surface area contributed by atoms with Crippen LogP contribution >= 0.6 is 0 Å². The minimum atomic E-state index is -0.625. The molecule has 0 aliphatic heterocycles. The normalized spacial score (nSPS) is 11.0. The van der Waals surface area contributed by atoms with E-state index in [9.17, 15) is 9.59 Å². The average molecular weight is 350 g/mol. The summed E-state index contributed by atoms with van der Waals surface area (Å²) in [6.45, 7) is 1.67. The minimum absolute atomic E-state index is 0.0999. The lowest BCUT2D eigenvalue weighted by molar-refractivity contribution is 0.0600. The van der Waals surface area contributed by atoms with Crippen molar-refractivity contribution in [1.29, 1.82) is 0 Å². The van der Waals surface area contributed by atoms with E-state index in [1.807, 2.05) is 18.2 Å². The van der Waals surface area contributed by atoms with Crippen LogP contribution in [0.2, 0.25) is 0 Å². The Hall–Kier alpha value is -3.54. The van der Waals surface area contributed by atoms with Crippen molar-refractivity contribution in [3.8, 4) is 5.75 Å². The van der Waals surface area contributed by atoms with Gasteiger partial charge in [0, 0.05) is 10.8 Å². The van der Waals surface area contributed by atoms with Gasteiger partial charge in [0.15, 0.2) is 0 Å². The molecule has 130 valence electrons. The van der Waals surface area contributed by atoms with E-state index in [4.69, 9.17) is 18.3 Å². The predicted octanol–water partition coefficient (Wildman–Crippen LogP) is 4.49. The summed E-state index contributed by atoms with van der Waals surface area (Å²) in [5.41, 5.74) is 1.42. The van der Waals surface area contributed by atoms with Crippen LogP contribution in [0.15, 0.2) is 57.4 Å². The number of methoxy groups -OCH3 is 1. The van der Waals surface area contributed by atoms with Crippen LogP contribution < -0.4 is 4.74 Å². The van der Waals surface area contributed by atoms with E-state index >= 15 is 0 Å². The quantitative estimate of drug-likeness (QED) is 0.400. The van der Waals surface area contributed by atoms with E-state index in [-0.39, 0.29) is 11.5 Å². The number of para-hydroxylation sites is 1. The van der Waals surface area contributed by atoms with Crippen molar-refractivity contribution in [3.63, 3.8) is 0 Å². The van der Waals surface area contributed by atoms with Gasteiger partial charge in [-0.25, -0.2) is 9.59 Å². The highest BCUT2D eigenvalue weighted by Crippen LogP contribution is 2.30. The summed E-state index contributed by atoms with van der Waals surface area (Å²) in [6.07, 6.45) is 0. The fourth-order valence-electron chi connectivity index (χ4n) is 2.86. The molecule has 0 spiro atoms. The summed E-state index contributed by atoms with van der Waals surface area (Å²) in [7, 11) is 1.30. The molecule has 0 amide bonds. The highest BCUT2D eigenvalue weighted by Gasteiger charge is 2.20. The van der Waals surface area contributed by atoms with E-state index in [0.717, 1.165) is 5.39 Å². The first kappa shape index (κ1) is 16.0. The zero-order valence-corrected chi connectivity index (χ0v) is 14.1. The summed E-state index contributed by atoms with van der Waals surface area (Å²) < 4.78 is 21.2. The average Bonchev–Trinajstić information content (AvgIpc) is 3.21. The molecule has 0 saturated carbocycles. The van der Waals surface area contributed by atoms with Crippen molar-refractivity contribution in [1.82, 2.24) is 0 Å². The monoisotopic (exact) mass is 350 g/mol. The number of carbonyl (C=O) groups excluding carboxylic acids is 2. The zero-order chi connectivity index (χ0) is 18.3. The molecule has 0 bridgehead atoms. The van der Waals surface area contributed by atoms with Crippen molar-refractivity contribution in [2.45, 2.75) is 6.92 Å². The van der Waals surface area contributed by atoms with Crippen molar-refractivity contribution in [3.05, 3.63) is 65.6 Å². The molecule has 0 radical (unpaired) electrons. The molecule has 0 atom stereocenters. The number of benzene rings is 2. The third kappa shape index (κ3) is 2.61. The molecule has 0 fully saturated rings. The predicted molar refractivity (Wildman–Crippen MR) is 93.5 cm³/mol. The van der Waals surface area contributed by atoms with Crippen LogP contribution in [0.4, 0.5) is 0 Å². The van der Waals surface area contributed by atoms with Gasteiger partial charge < -0.3 is 18.3 Å². The SMILES string of the molecule is COC(=O)c1c(C)oc2ccc(OC(=O)c3cc4ccccc4o3)cc12. The van der Waals surface area contributed by atoms with Gasteiger partial charge >= 0.3 is 11.9 Å². The fourth-order valence-corrected chi connectivity index (χ4v) is 2.86. The number of carbonyl (C=O) groups is 2. The van der Waals surface area contributed by atoms with Crippen molar-refractivity contribution >= 4 is 33.9 Å². The molecule has 2 aromatic carbocycles. The molecule has 0 aliphatic carbocycles. The lowest BCUT2D eigenvalue weighted by atomic mass is 10.1. The summed E-state index contributed by atoms with van der Waals surface area (Å²) >= 11 is 0. The standard InChI is InChI=1S/C20H14O6/c1-11-18(20(22)23-2)14-10-13(7-8-16(14)24-11)25-19(21)17-9-12-5-3-4-6-15(12)26-17/h3-10H,1-2H3. The zero-order valence-electron chi connectivity index (χ0n) is 14.1. The number of hydrogen-bond acceptors (Lipinski definition) is 6. The number of furan rings is 2. The molecule has 4 rings (SSSR count). The second-order valence-corrected chi connectivity index (χ2v) is 5.72. The summed E-state index contributed by atoms with van der Waals surface area (Å²) in [6, 6.07) is 13.7. The minimum Gasteiger partial charge on any atom is -0.465 e. The highest BCUT2D eigenvalue weighted by molar-refractivity contribution is 6.05. The van der Waals surface area contributed by atoms with Crippen LogP contribution in [0.25, 0.3) is 21.9 Å². The van der Waals surface area contributed by atoms with Gasteiger partial charge in [-0.05, 0) is 37.3 Å². The van der Waals surface area contributed by atoms with Gasteiger partial charge in [0.25, 0.3) is 0 Å². The maximum atomic E-state index is 12.4. The molecule has 0 saturated heterocycles. The number of esters is 2. The van der Waals surface area contributed by atoms with E-state index in [2.05, 4.69) is 0 Å². The maximum Gasteiger partial charge on any atom is 0.379 e. The third-order valence-corrected chi connectivity index (χ3v) is 4.06. The lowest BCUT2D eigenvalue weighted by Crippen LogP contribution is -2.07. The Morgan fingerprint density at radius 1 is 0.923 bits per heavy atom. The molecule has 6 heteroatoms. The topological polar surface area (TPSA) is 78.9 Å². The molecule has 0 unspecified atom stereocenters. The van der Waals surface area contributed by atoms with Crippen LogP contribution in [0.5, 0.6) is 5.75 Å². The van der Waals surface area contributed by atoms with Crippen molar-refractivity contribution < 1.29 is 27.9 Å². The first-order chi connectivity index (χ1) is 12.6. The Balaban J connectivity index is 1.68. The Kier molecular flexibility index (Phi) is 3.73. The summed E-state index contributed by atoms with van der Waals surface area (Å²) in [4.78, 5) is 24.3. The van der Waals surface area contributed by atoms with E-state index < -0.39 is 11.9 Å². The summed E-state index contributed by atoms with van der Waals surface area (Å²) in [5, 5.41) is 1.33. The van der Waals surface area contributed by atoms with Crippen LogP contribution in [-0.4, -0.2) is 19.0 Å². The van der Waals surface area contributed by atoms with Crippen molar-refractivity contribution in [2.24, 2.45) is 0 Å². The van der Waals surface area contributed by atoms with E-state index in [1.165, 1.54) is 7.11 Å². The van der Waals surface area contributed by atoms with Gasteiger partial charge in [0.1, 0.15) is 28.2 Å². The van der Waals surface area contributed by atoms with E-state index in [0.29, 0.717) is 27.9 Å². The molecular weight excluding hydrogens is 336 g/mol. The maximum absolute atomic E-state index is 12.4.